The lowest BCUT2D eigenvalue weighted by Crippen LogP contribution is -2.46. The summed E-state index contributed by atoms with van der Waals surface area (Å²) < 4.78 is 0. The first-order valence-electron chi connectivity index (χ1n) is 5.47. The highest BCUT2D eigenvalue weighted by atomic mass is 16.2. The van der Waals surface area contributed by atoms with Gasteiger partial charge in [-0.25, -0.2) is 0 Å². The molecule has 0 bridgehead atoms. The number of hydrogen-bond acceptors (Lipinski definition) is 3. The van der Waals surface area contributed by atoms with Gasteiger partial charge in [-0.3, -0.25) is 4.79 Å². The van der Waals surface area contributed by atoms with Crippen LogP contribution in [0.2, 0.25) is 0 Å². The van der Waals surface area contributed by atoms with Gasteiger partial charge in [0.15, 0.2) is 0 Å². The second kappa shape index (κ2) is 5.13. The van der Waals surface area contributed by atoms with E-state index in [1.165, 1.54) is 0 Å². The summed E-state index contributed by atoms with van der Waals surface area (Å²) in [7, 11) is 0. The van der Waals surface area contributed by atoms with Crippen LogP contribution in [0.25, 0.3) is 0 Å². The number of amides is 1. The molecular formula is C11H19N3O. The first-order chi connectivity index (χ1) is 7.08. The van der Waals surface area contributed by atoms with Crippen molar-refractivity contribution in [2.75, 3.05) is 19.6 Å². The first-order valence-corrected chi connectivity index (χ1v) is 5.47. The molecule has 0 aromatic carbocycles. The monoisotopic (exact) mass is 209 g/mol. The van der Waals surface area contributed by atoms with Crippen molar-refractivity contribution in [1.82, 2.24) is 10.6 Å². The molecule has 0 aromatic rings. The van der Waals surface area contributed by atoms with Gasteiger partial charge in [-0.1, -0.05) is 6.92 Å². The third-order valence-electron chi connectivity index (χ3n) is 3.04. The number of carbonyl (C=O) groups excluding carboxylic acids is 1. The number of carbonyl (C=O) groups is 1. The number of rotatable bonds is 3. The van der Waals surface area contributed by atoms with E-state index in [9.17, 15) is 4.79 Å². The normalized spacial score (nSPS) is 21.4. The van der Waals surface area contributed by atoms with E-state index in [0.29, 0.717) is 6.54 Å². The Hall–Kier alpha value is -1.08. The zero-order valence-electron chi connectivity index (χ0n) is 9.47. The molecule has 0 aliphatic carbocycles. The van der Waals surface area contributed by atoms with Gasteiger partial charge in [0, 0.05) is 12.0 Å². The van der Waals surface area contributed by atoms with Crippen molar-refractivity contribution in [3.8, 4) is 6.07 Å². The molecule has 1 unspecified atom stereocenters. The standard InChI is InChI=1S/C11H19N3O/c1-9(7-12)8-14-10(15)11(2)3-5-13-6-4-11/h9,13H,3-6,8H2,1-2H3,(H,14,15). The summed E-state index contributed by atoms with van der Waals surface area (Å²) >= 11 is 0. The number of hydrogen-bond donors (Lipinski definition) is 2. The lowest BCUT2D eigenvalue weighted by Gasteiger charge is -2.32. The van der Waals surface area contributed by atoms with Gasteiger partial charge < -0.3 is 10.6 Å². The van der Waals surface area contributed by atoms with Crippen molar-refractivity contribution < 1.29 is 4.79 Å². The quantitative estimate of drug-likeness (QED) is 0.717. The van der Waals surface area contributed by atoms with E-state index < -0.39 is 0 Å². The van der Waals surface area contributed by atoms with Crippen molar-refractivity contribution in [2.24, 2.45) is 11.3 Å². The molecule has 0 aromatic heterocycles. The first kappa shape index (κ1) is 12.0. The van der Waals surface area contributed by atoms with Gasteiger partial charge in [0.25, 0.3) is 0 Å². The maximum absolute atomic E-state index is 11.9. The summed E-state index contributed by atoms with van der Waals surface area (Å²) in [5, 5.41) is 14.7. The predicted molar refractivity (Wildman–Crippen MR) is 58.0 cm³/mol. The highest BCUT2D eigenvalue weighted by Gasteiger charge is 2.34. The highest BCUT2D eigenvalue weighted by Crippen LogP contribution is 2.27. The van der Waals surface area contributed by atoms with Crippen molar-refractivity contribution >= 4 is 5.91 Å². The minimum atomic E-state index is -0.250. The molecule has 0 radical (unpaired) electrons. The van der Waals surface area contributed by atoms with Crippen LogP contribution >= 0.6 is 0 Å². The van der Waals surface area contributed by atoms with E-state index in [1.54, 1.807) is 0 Å². The summed E-state index contributed by atoms with van der Waals surface area (Å²) in [6, 6.07) is 2.11. The maximum atomic E-state index is 11.9. The Bertz CT molecular complexity index is 263. The van der Waals surface area contributed by atoms with Crippen molar-refractivity contribution in [1.29, 1.82) is 5.26 Å². The van der Waals surface area contributed by atoms with Gasteiger partial charge in [-0.2, -0.15) is 5.26 Å². The molecule has 15 heavy (non-hydrogen) atoms. The third kappa shape index (κ3) is 3.21. The minimum absolute atomic E-state index is 0.0890. The van der Waals surface area contributed by atoms with E-state index >= 15 is 0 Å². The van der Waals surface area contributed by atoms with Gasteiger partial charge in [-0.15, -0.1) is 0 Å². The van der Waals surface area contributed by atoms with Crippen LogP contribution in [0.5, 0.6) is 0 Å². The van der Waals surface area contributed by atoms with Gasteiger partial charge in [0.1, 0.15) is 0 Å². The summed E-state index contributed by atoms with van der Waals surface area (Å²) in [6.45, 7) is 6.07. The summed E-state index contributed by atoms with van der Waals surface area (Å²) in [5.74, 6) is -0.0228. The summed E-state index contributed by atoms with van der Waals surface area (Å²) in [6.07, 6.45) is 1.75. The van der Waals surface area contributed by atoms with Crippen LogP contribution in [0.15, 0.2) is 0 Å². The van der Waals surface area contributed by atoms with Crippen LogP contribution in [-0.4, -0.2) is 25.5 Å². The molecule has 1 heterocycles. The lowest BCUT2D eigenvalue weighted by atomic mass is 9.80. The lowest BCUT2D eigenvalue weighted by molar-refractivity contribution is -0.131. The predicted octanol–water partition coefficient (Wildman–Crippen LogP) is 0.652. The van der Waals surface area contributed by atoms with Crippen molar-refractivity contribution in [3.63, 3.8) is 0 Å². The summed E-state index contributed by atoms with van der Waals surface area (Å²) in [4.78, 5) is 11.9. The molecule has 4 heteroatoms. The Morgan fingerprint density at radius 3 is 2.73 bits per heavy atom. The van der Waals surface area contributed by atoms with Crippen LogP contribution in [0.1, 0.15) is 26.7 Å². The number of piperidine rings is 1. The van der Waals surface area contributed by atoms with Crippen molar-refractivity contribution in [2.45, 2.75) is 26.7 Å². The van der Waals surface area contributed by atoms with Gasteiger partial charge in [0.2, 0.25) is 5.91 Å². The third-order valence-corrected chi connectivity index (χ3v) is 3.04. The maximum Gasteiger partial charge on any atom is 0.226 e. The second-order valence-electron chi connectivity index (χ2n) is 4.55. The Balaban J connectivity index is 2.42. The summed E-state index contributed by atoms with van der Waals surface area (Å²) in [5.41, 5.74) is -0.250. The minimum Gasteiger partial charge on any atom is -0.354 e. The molecule has 1 amide bonds. The zero-order valence-corrected chi connectivity index (χ0v) is 9.47. The van der Waals surface area contributed by atoms with E-state index in [4.69, 9.17) is 5.26 Å². The van der Waals surface area contributed by atoms with Crippen LogP contribution in [0, 0.1) is 22.7 Å². The fourth-order valence-electron chi connectivity index (χ4n) is 1.71. The van der Waals surface area contributed by atoms with E-state index in [-0.39, 0.29) is 17.2 Å². The van der Waals surface area contributed by atoms with Crippen LogP contribution < -0.4 is 10.6 Å². The van der Waals surface area contributed by atoms with Gasteiger partial charge in [-0.05, 0) is 32.9 Å². The zero-order chi connectivity index (χ0) is 11.3. The molecule has 84 valence electrons. The molecule has 1 aliphatic rings. The number of nitriles is 1. The topological polar surface area (TPSA) is 64.9 Å². The molecule has 2 N–H and O–H groups in total. The molecule has 0 spiro atoms. The fraction of sp³-hybridized carbons (Fsp3) is 0.818. The molecule has 1 aliphatic heterocycles. The Labute approximate surface area is 91.0 Å². The Morgan fingerprint density at radius 2 is 2.20 bits per heavy atom. The average molecular weight is 209 g/mol. The van der Waals surface area contributed by atoms with Crippen molar-refractivity contribution in [3.05, 3.63) is 0 Å². The largest absolute Gasteiger partial charge is 0.354 e. The molecule has 1 rings (SSSR count). The van der Waals surface area contributed by atoms with Crippen LogP contribution in [-0.2, 0) is 4.79 Å². The van der Waals surface area contributed by atoms with Crippen LogP contribution in [0.3, 0.4) is 0 Å². The van der Waals surface area contributed by atoms with Gasteiger partial charge in [0.05, 0.1) is 12.0 Å². The van der Waals surface area contributed by atoms with Gasteiger partial charge >= 0.3 is 0 Å². The van der Waals surface area contributed by atoms with Crippen LogP contribution in [0.4, 0.5) is 0 Å². The van der Waals surface area contributed by atoms with E-state index in [2.05, 4.69) is 16.7 Å². The molecule has 1 atom stereocenters. The smallest absolute Gasteiger partial charge is 0.226 e. The Morgan fingerprint density at radius 1 is 1.60 bits per heavy atom. The number of nitrogens with one attached hydrogen (secondary N) is 2. The molecule has 1 fully saturated rings. The molecule has 0 saturated carbocycles. The second-order valence-corrected chi connectivity index (χ2v) is 4.55. The van der Waals surface area contributed by atoms with E-state index in [1.807, 2.05) is 13.8 Å². The fourth-order valence-corrected chi connectivity index (χ4v) is 1.71. The average Bonchev–Trinajstić information content (AvgIpc) is 2.26. The molecule has 4 nitrogen and oxygen atoms in total. The van der Waals surface area contributed by atoms with E-state index in [0.717, 1.165) is 25.9 Å². The Kier molecular flexibility index (Phi) is 4.10. The molecule has 1 saturated heterocycles. The highest BCUT2D eigenvalue weighted by molar-refractivity contribution is 5.82. The SMILES string of the molecule is CC(C#N)CNC(=O)C1(C)CCNCC1. The molecular weight excluding hydrogens is 190 g/mol. The number of nitrogens with zero attached hydrogens (tertiary/aromatic N) is 1.